The Morgan fingerprint density at radius 3 is 1.62 bits per heavy atom. The SMILES string of the molecule is Cl[Si](Cl)n1c2ccccc2c2ccccc21. The highest BCUT2D eigenvalue weighted by molar-refractivity contribution is 7.33. The lowest BCUT2D eigenvalue weighted by atomic mass is 10.2. The first-order chi connectivity index (χ1) is 7.79. The number of benzene rings is 2. The third kappa shape index (κ3) is 1.38. The maximum atomic E-state index is 6.13. The fourth-order valence-electron chi connectivity index (χ4n) is 2.10. The third-order valence-corrected chi connectivity index (χ3v) is 4.58. The molecular formula is C12H8Cl2NSi. The lowest BCUT2D eigenvalue weighted by molar-refractivity contribution is 1.37. The van der Waals surface area contributed by atoms with Crippen LogP contribution in [-0.4, -0.2) is 11.8 Å². The first-order valence-electron chi connectivity index (χ1n) is 4.95. The number of hydrogen-bond acceptors (Lipinski definition) is 0. The Morgan fingerprint density at radius 1 is 0.750 bits per heavy atom. The predicted molar refractivity (Wildman–Crippen MR) is 72.3 cm³/mol. The van der Waals surface area contributed by atoms with Gasteiger partial charge in [-0.25, -0.2) is 0 Å². The minimum atomic E-state index is -1.56. The Kier molecular flexibility index (Phi) is 2.43. The van der Waals surface area contributed by atoms with Gasteiger partial charge < -0.3 is 4.23 Å². The smallest absolute Gasteiger partial charge is 0.341 e. The summed E-state index contributed by atoms with van der Waals surface area (Å²) < 4.78 is 2.04. The van der Waals surface area contributed by atoms with Crippen molar-refractivity contribution < 1.29 is 0 Å². The van der Waals surface area contributed by atoms with Crippen LogP contribution in [0.15, 0.2) is 48.5 Å². The van der Waals surface area contributed by atoms with Crippen molar-refractivity contribution in [2.24, 2.45) is 0 Å². The number of para-hydroxylation sites is 2. The van der Waals surface area contributed by atoms with E-state index in [2.05, 4.69) is 24.3 Å². The maximum absolute atomic E-state index is 6.13. The third-order valence-electron chi connectivity index (χ3n) is 2.75. The van der Waals surface area contributed by atoms with E-state index in [9.17, 15) is 0 Å². The van der Waals surface area contributed by atoms with E-state index < -0.39 is 7.58 Å². The van der Waals surface area contributed by atoms with Crippen molar-refractivity contribution in [3.8, 4) is 0 Å². The van der Waals surface area contributed by atoms with E-state index in [0.717, 1.165) is 11.0 Å². The molecule has 1 radical (unpaired) electrons. The van der Waals surface area contributed by atoms with E-state index >= 15 is 0 Å². The summed E-state index contributed by atoms with van der Waals surface area (Å²) in [6.45, 7) is 0. The Morgan fingerprint density at radius 2 is 1.19 bits per heavy atom. The normalized spacial score (nSPS) is 11.7. The molecule has 0 amide bonds. The zero-order valence-electron chi connectivity index (χ0n) is 8.32. The van der Waals surface area contributed by atoms with Gasteiger partial charge in [0.25, 0.3) is 0 Å². The van der Waals surface area contributed by atoms with Crippen molar-refractivity contribution in [2.75, 3.05) is 0 Å². The molecule has 4 heteroatoms. The van der Waals surface area contributed by atoms with E-state index in [1.54, 1.807) is 0 Å². The molecule has 79 valence electrons. The molecule has 1 heterocycles. The topological polar surface area (TPSA) is 4.93 Å². The summed E-state index contributed by atoms with van der Waals surface area (Å²) in [6, 6.07) is 16.4. The molecule has 0 N–H and O–H groups in total. The number of fused-ring (bicyclic) bond motifs is 3. The van der Waals surface area contributed by atoms with Gasteiger partial charge in [-0.2, -0.15) is 0 Å². The van der Waals surface area contributed by atoms with Crippen LogP contribution in [0.3, 0.4) is 0 Å². The summed E-state index contributed by atoms with van der Waals surface area (Å²) in [5, 5.41) is 2.42. The molecular weight excluding hydrogens is 257 g/mol. The van der Waals surface area contributed by atoms with Crippen LogP contribution in [0.4, 0.5) is 0 Å². The van der Waals surface area contributed by atoms with Crippen molar-refractivity contribution in [3.63, 3.8) is 0 Å². The van der Waals surface area contributed by atoms with Gasteiger partial charge in [0.2, 0.25) is 0 Å². The highest BCUT2D eigenvalue weighted by Gasteiger charge is 2.16. The molecule has 0 unspecified atom stereocenters. The van der Waals surface area contributed by atoms with Crippen molar-refractivity contribution in [2.45, 2.75) is 0 Å². The number of nitrogens with zero attached hydrogens (tertiary/aromatic N) is 1. The first-order valence-corrected chi connectivity index (χ1v) is 8.42. The summed E-state index contributed by atoms with van der Waals surface area (Å²) in [4.78, 5) is 0. The molecule has 0 fully saturated rings. The second-order valence-electron chi connectivity index (χ2n) is 3.61. The summed E-state index contributed by atoms with van der Waals surface area (Å²) in [6.07, 6.45) is 0. The van der Waals surface area contributed by atoms with Crippen molar-refractivity contribution in [1.82, 2.24) is 4.23 Å². The largest absolute Gasteiger partial charge is 0.399 e. The Hall–Kier alpha value is -0.963. The highest BCUT2D eigenvalue weighted by atomic mass is 35.7. The zero-order chi connectivity index (χ0) is 11.1. The monoisotopic (exact) mass is 264 g/mol. The molecule has 3 rings (SSSR count). The number of halogens is 2. The fourth-order valence-corrected chi connectivity index (χ4v) is 3.95. The Labute approximate surface area is 104 Å². The molecule has 0 aliphatic rings. The van der Waals surface area contributed by atoms with E-state index in [4.69, 9.17) is 22.2 Å². The van der Waals surface area contributed by atoms with E-state index in [1.807, 2.05) is 28.5 Å². The van der Waals surface area contributed by atoms with Gasteiger partial charge >= 0.3 is 7.58 Å². The minimum absolute atomic E-state index is 1.11. The quantitative estimate of drug-likeness (QED) is 0.461. The van der Waals surface area contributed by atoms with Gasteiger partial charge in [-0.15, -0.1) is 22.2 Å². The van der Waals surface area contributed by atoms with Crippen LogP contribution >= 0.6 is 22.2 Å². The van der Waals surface area contributed by atoms with Crippen LogP contribution in [0, 0.1) is 0 Å². The van der Waals surface area contributed by atoms with Crippen LogP contribution in [0.1, 0.15) is 0 Å². The first kappa shape index (κ1) is 10.2. The molecule has 1 aromatic heterocycles. The van der Waals surface area contributed by atoms with E-state index in [0.29, 0.717) is 0 Å². The van der Waals surface area contributed by atoms with Gasteiger partial charge in [0, 0.05) is 21.8 Å². The lowest BCUT2D eigenvalue weighted by Crippen LogP contribution is -2.09. The highest BCUT2D eigenvalue weighted by Crippen LogP contribution is 2.29. The molecule has 1 nitrogen and oxygen atoms in total. The molecule has 0 aliphatic carbocycles. The summed E-state index contributed by atoms with van der Waals surface area (Å²) >= 11 is 12.3. The molecule has 0 spiro atoms. The van der Waals surface area contributed by atoms with Crippen LogP contribution in [0.5, 0.6) is 0 Å². The van der Waals surface area contributed by atoms with Crippen molar-refractivity contribution in [1.29, 1.82) is 0 Å². The molecule has 3 aromatic rings. The number of aromatic nitrogens is 1. The van der Waals surface area contributed by atoms with Gasteiger partial charge in [-0.05, 0) is 12.1 Å². The molecule has 0 saturated carbocycles. The molecule has 0 atom stereocenters. The minimum Gasteiger partial charge on any atom is -0.341 e. The van der Waals surface area contributed by atoms with Crippen LogP contribution in [0.25, 0.3) is 21.8 Å². The van der Waals surface area contributed by atoms with E-state index in [1.165, 1.54) is 10.8 Å². The van der Waals surface area contributed by atoms with Crippen LogP contribution in [0.2, 0.25) is 0 Å². The van der Waals surface area contributed by atoms with Crippen molar-refractivity contribution in [3.05, 3.63) is 48.5 Å². The average Bonchev–Trinajstić information content (AvgIpc) is 2.63. The summed E-state index contributed by atoms with van der Waals surface area (Å²) in [7, 11) is -1.56. The van der Waals surface area contributed by atoms with Gasteiger partial charge in [0.15, 0.2) is 0 Å². The Bertz CT molecular complexity index is 607. The summed E-state index contributed by atoms with van der Waals surface area (Å²) in [5.41, 5.74) is 2.23. The number of hydrogen-bond donors (Lipinski definition) is 0. The summed E-state index contributed by atoms with van der Waals surface area (Å²) in [5.74, 6) is 0. The molecule has 0 bridgehead atoms. The lowest BCUT2D eigenvalue weighted by Gasteiger charge is -2.04. The molecule has 2 aromatic carbocycles. The molecule has 16 heavy (non-hydrogen) atoms. The second kappa shape index (κ2) is 3.81. The van der Waals surface area contributed by atoms with Crippen LogP contribution in [-0.2, 0) is 0 Å². The van der Waals surface area contributed by atoms with Gasteiger partial charge in [0.1, 0.15) is 0 Å². The van der Waals surface area contributed by atoms with Gasteiger partial charge in [-0.3, -0.25) is 0 Å². The fraction of sp³-hybridized carbons (Fsp3) is 0. The molecule has 0 saturated heterocycles. The van der Waals surface area contributed by atoms with E-state index in [-0.39, 0.29) is 0 Å². The molecule has 0 aliphatic heterocycles. The standard InChI is InChI=1S/C12H8Cl2NSi/c13-16(14)15-11-7-3-1-5-9(11)10-6-2-4-8-12(10)15/h1-8H. The average molecular weight is 265 g/mol. The van der Waals surface area contributed by atoms with Gasteiger partial charge in [0.05, 0.1) is 0 Å². The zero-order valence-corrected chi connectivity index (χ0v) is 10.8. The maximum Gasteiger partial charge on any atom is 0.399 e. The van der Waals surface area contributed by atoms with Crippen LogP contribution < -0.4 is 0 Å². The number of rotatable bonds is 1. The second-order valence-corrected chi connectivity index (χ2v) is 7.27. The van der Waals surface area contributed by atoms with Gasteiger partial charge in [-0.1, -0.05) is 36.4 Å². The van der Waals surface area contributed by atoms with Crippen molar-refractivity contribution >= 4 is 51.5 Å². The Balaban J connectivity index is 2.59. The predicted octanol–water partition coefficient (Wildman–Crippen LogP) is 4.11.